The van der Waals surface area contributed by atoms with Gasteiger partial charge < -0.3 is 5.73 Å². The molecule has 0 amide bonds. The summed E-state index contributed by atoms with van der Waals surface area (Å²) in [7, 11) is 0. The van der Waals surface area contributed by atoms with Crippen LogP contribution >= 0.6 is 27.5 Å². The maximum absolute atomic E-state index is 12.5. The molecule has 14 heavy (non-hydrogen) atoms. The number of alkyl halides is 2. The number of pyridine rings is 1. The molecule has 2 nitrogen and oxygen atoms in total. The van der Waals surface area contributed by atoms with Crippen molar-refractivity contribution >= 4 is 27.5 Å². The Morgan fingerprint density at radius 3 is 2.71 bits per heavy atom. The summed E-state index contributed by atoms with van der Waals surface area (Å²) < 4.78 is 25.6. The average Bonchev–Trinajstić information content (AvgIpc) is 2.11. The maximum atomic E-state index is 12.5. The van der Waals surface area contributed by atoms with E-state index in [1.54, 1.807) is 0 Å². The first-order valence-electron chi connectivity index (χ1n) is 3.85. The summed E-state index contributed by atoms with van der Waals surface area (Å²) >= 11 is 8.83. The van der Waals surface area contributed by atoms with E-state index in [1.807, 2.05) is 0 Å². The van der Waals surface area contributed by atoms with Gasteiger partial charge in [0, 0.05) is 22.8 Å². The fourth-order valence-corrected chi connectivity index (χ4v) is 1.66. The van der Waals surface area contributed by atoms with Crippen molar-refractivity contribution in [2.24, 2.45) is 5.73 Å². The van der Waals surface area contributed by atoms with Crippen LogP contribution in [0.5, 0.6) is 0 Å². The Hall–Kier alpha value is -0.260. The van der Waals surface area contributed by atoms with E-state index in [0.717, 1.165) is 0 Å². The second kappa shape index (κ2) is 5.00. The molecule has 0 radical (unpaired) electrons. The molecule has 0 fully saturated rings. The Balaban J connectivity index is 3.08. The topological polar surface area (TPSA) is 38.9 Å². The van der Waals surface area contributed by atoms with Crippen LogP contribution in [0.2, 0.25) is 5.15 Å². The summed E-state index contributed by atoms with van der Waals surface area (Å²) in [6, 6.07) is 1.51. The molecule has 1 rings (SSSR count). The lowest BCUT2D eigenvalue weighted by atomic mass is 10.0. The van der Waals surface area contributed by atoms with Crippen LogP contribution in [0.3, 0.4) is 0 Å². The molecular formula is C8H8BrClF2N2. The molecule has 1 aromatic heterocycles. The number of hydrogen-bond donors (Lipinski definition) is 1. The lowest BCUT2D eigenvalue weighted by Crippen LogP contribution is -2.20. The molecule has 0 aliphatic rings. The minimum atomic E-state index is -2.53. The van der Waals surface area contributed by atoms with Crippen molar-refractivity contribution in [3.05, 3.63) is 27.5 Å². The van der Waals surface area contributed by atoms with Gasteiger partial charge in [0.05, 0.1) is 5.92 Å². The van der Waals surface area contributed by atoms with Crippen molar-refractivity contribution in [1.82, 2.24) is 4.98 Å². The zero-order chi connectivity index (χ0) is 10.7. The molecule has 0 aliphatic heterocycles. The number of nitrogens with zero attached hydrogens (tertiary/aromatic N) is 1. The number of nitrogens with two attached hydrogens (primary N) is 1. The smallest absolute Gasteiger partial charge is 0.246 e. The Bertz CT molecular complexity index is 322. The summed E-state index contributed by atoms with van der Waals surface area (Å²) in [5.74, 6) is -1.06. The van der Waals surface area contributed by atoms with Crippen molar-refractivity contribution in [2.75, 3.05) is 6.54 Å². The van der Waals surface area contributed by atoms with Crippen LogP contribution in [-0.4, -0.2) is 18.0 Å². The fraction of sp³-hybridized carbons (Fsp3) is 0.375. The quantitative estimate of drug-likeness (QED) is 0.867. The first kappa shape index (κ1) is 11.8. The Morgan fingerprint density at radius 1 is 1.57 bits per heavy atom. The molecule has 1 heterocycles. The molecule has 2 N–H and O–H groups in total. The standard InChI is InChI=1S/C8H8BrClF2N2/c9-4-1-5(7(10)14-3-4)6(2-13)8(11)12/h1,3,6,8H,2,13H2. The molecule has 0 saturated heterocycles. The summed E-state index contributed by atoms with van der Waals surface area (Å²) in [6.45, 7) is -0.157. The minimum absolute atomic E-state index is 0.0731. The van der Waals surface area contributed by atoms with E-state index in [9.17, 15) is 8.78 Å². The van der Waals surface area contributed by atoms with E-state index >= 15 is 0 Å². The van der Waals surface area contributed by atoms with E-state index < -0.39 is 12.3 Å². The van der Waals surface area contributed by atoms with Crippen LogP contribution in [0.25, 0.3) is 0 Å². The van der Waals surface area contributed by atoms with Gasteiger partial charge in [-0.3, -0.25) is 0 Å². The normalized spacial score (nSPS) is 13.3. The fourth-order valence-electron chi connectivity index (χ4n) is 1.06. The van der Waals surface area contributed by atoms with Gasteiger partial charge in [0.2, 0.25) is 6.43 Å². The largest absolute Gasteiger partial charge is 0.330 e. The molecule has 0 aromatic carbocycles. The average molecular weight is 286 g/mol. The molecule has 1 aromatic rings. The second-order valence-electron chi connectivity index (χ2n) is 2.71. The van der Waals surface area contributed by atoms with Gasteiger partial charge in [0.25, 0.3) is 0 Å². The van der Waals surface area contributed by atoms with Crippen molar-refractivity contribution in [2.45, 2.75) is 12.3 Å². The molecule has 0 spiro atoms. The molecule has 78 valence electrons. The van der Waals surface area contributed by atoms with Crippen molar-refractivity contribution in [1.29, 1.82) is 0 Å². The predicted octanol–water partition coefficient (Wildman–Crippen LogP) is 2.80. The summed E-state index contributed by atoms with van der Waals surface area (Å²) in [4.78, 5) is 3.76. The molecule has 1 unspecified atom stereocenters. The first-order valence-corrected chi connectivity index (χ1v) is 5.02. The zero-order valence-electron chi connectivity index (χ0n) is 7.05. The van der Waals surface area contributed by atoms with E-state index in [0.29, 0.717) is 4.47 Å². The zero-order valence-corrected chi connectivity index (χ0v) is 9.39. The third-order valence-corrected chi connectivity index (χ3v) is 2.54. The van der Waals surface area contributed by atoms with Crippen LogP contribution in [0.15, 0.2) is 16.7 Å². The van der Waals surface area contributed by atoms with Gasteiger partial charge in [-0.05, 0) is 22.0 Å². The molecule has 6 heteroatoms. The van der Waals surface area contributed by atoms with Crippen molar-refractivity contribution in [3.63, 3.8) is 0 Å². The highest BCUT2D eigenvalue weighted by molar-refractivity contribution is 9.10. The van der Waals surface area contributed by atoms with Gasteiger partial charge in [-0.15, -0.1) is 0 Å². The summed E-state index contributed by atoms with van der Waals surface area (Å²) in [5, 5.41) is 0.0731. The lowest BCUT2D eigenvalue weighted by molar-refractivity contribution is 0.117. The second-order valence-corrected chi connectivity index (χ2v) is 3.98. The molecule has 1 atom stereocenters. The Kier molecular flexibility index (Phi) is 4.22. The van der Waals surface area contributed by atoms with Gasteiger partial charge in [-0.2, -0.15) is 0 Å². The van der Waals surface area contributed by atoms with E-state index in [4.69, 9.17) is 17.3 Å². The van der Waals surface area contributed by atoms with Crippen LogP contribution in [-0.2, 0) is 0 Å². The van der Waals surface area contributed by atoms with Gasteiger partial charge in [-0.1, -0.05) is 11.6 Å². The van der Waals surface area contributed by atoms with Crippen molar-refractivity contribution < 1.29 is 8.78 Å². The Labute approximate surface area is 93.6 Å². The van der Waals surface area contributed by atoms with Gasteiger partial charge in [0.1, 0.15) is 5.15 Å². The van der Waals surface area contributed by atoms with Gasteiger partial charge >= 0.3 is 0 Å². The first-order chi connectivity index (χ1) is 6.56. The highest BCUT2D eigenvalue weighted by atomic mass is 79.9. The van der Waals surface area contributed by atoms with Crippen molar-refractivity contribution in [3.8, 4) is 0 Å². The highest BCUT2D eigenvalue weighted by Gasteiger charge is 2.23. The lowest BCUT2D eigenvalue weighted by Gasteiger charge is -2.14. The van der Waals surface area contributed by atoms with E-state index in [-0.39, 0.29) is 17.3 Å². The van der Waals surface area contributed by atoms with Gasteiger partial charge in [-0.25, -0.2) is 13.8 Å². The SMILES string of the molecule is NCC(c1cc(Br)cnc1Cl)C(F)F. The van der Waals surface area contributed by atoms with E-state index in [1.165, 1.54) is 12.3 Å². The third-order valence-electron chi connectivity index (χ3n) is 1.79. The molecule has 0 bridgehead atoms. The van der Waals surface area contributed by atoms with E-state index in [2.05, 4.69) is 20.9 Å². The summed E-state index contributed by atoms with van der Waals surface area (Å²) in [5.41, 5.74) is 5.52. The van der Waals surface area contributed by atoms with Gasteiger partial charge in [0.15, 0.2) is 0 Å². The number of rotatable bonds is 3. The van der Waals surface area contributed by atoms with Crippen LogP contribution < -0.4 is 5.73 Å². The Morgan fingerprint density at radius 2 is 2.21 bits per heavy atom. The predicted molar refractivity (Wildman–Crippen MR) is 54.7 cm³/mol. The molecule has 0 aliphatic carbocycles. The maximum Gasteiger partial charge on any atom is 0.246 e. The monoisotopic (exact) mass is 284 g/mol. The summed E-state index contributed by atoms with van der Waals surface area (Å²) in [6.07, 6.45) is -1.08. The third kappa shape index (κ3) is 2.62. The van der Waals surface area contributed by atoms with Crippen LogP contribution in [0.4, 0.5) is 8.78 Å². The number of aromatic nitrogens is 1. The number of halogens is 4. The molecule has 0 saturated carbocycles. The highest BCUT2D eigenvalue weighted by Crippen LogP contribution is 2.29. The minimum Gasteiger partial charge on any atom is -0.330 e. The number of hydrogen-bond acceptors (Lipinski definition) is 2. The molecular weight excluding hydrogens is 277 g/mol. The van der Waals surface area contributed by atoms with Crippen LogP contribution in [0.1, 0.15) is 11.5 Å². The van der Waals surface area contributed by atoms with Crippen LogP contribution in [0, 0.1) is 0 Å².